The van der Waals surface area contributed by atoms with E-state index >= 15 is 0 Å². The molecule has 1 amide bonds. The van der Waals surface area contributed by atoms with Crippen LogP contribution in [0.15, 0.2) is 42.7 Å². The van der Waals surface area contributed by atoms with Gasteiger partial charge >= 0.3 is 0 Å². The van der Waals surface area contributed by atoms with Gasteiger partial charge in [0.1, 0.15) is 5.75 Å². The Morgan fingerprint density at radius 3 is 3.00 bits per heavy atom. The molecule has 2 aromatic rings. The van der Waals surface area contributed by atoms with Crippen LogP contribution in [0.4, 0.5) is 0 Å². The number of aromatic nitrogens is 2. The number of amides is 1. The number of benzene rings is 1. The fraction of sp³-hybridized carbons (Fsp3) is 0.0909. The second-order valence-corrected chi connectivity index (χ2v) is 3.21. The lowest BCUT2D eigenvalue weighted by Gasteiger charge is -2.06. The standard InChI is InChI=1S/C11H11N3O2/c12-11(15)9-3-1-4-10(7-9)16-8-14-6-2-5-13-14/h1-7H,8H2,(H2,12,15). The minimum absolute atomic E-state index is 0.301. The van der Waals surface area contributed by atoms with Gasteiger partial charge in [0.15, 0.2) is 6.73 Å². The summed E-state index contributed by atoms with van der Waals surface area (Å²) in [5.74, 6) is 0.122. The van der Waals surface area contributed by atoms with Crippen LogP contribution in [0, 0.1) is 0 Å². The van der Waals surface area contributed by atoms with Crippen LogP contribution in [0.25, 0.3) is 0 Å². The fourth-order valence-corrected chi connectivity index (χ4v) is 1.26. The Hall–Kier alpha value is -2.30. The quantitative estimate of drug-likeness (QED) is 0.831. The van der Waals surface area contributed by atoms with Crippen LogP contribution in [-0.2, 0) is 6.73 Å². The first-order chi connectivity index (χ1) is 7.75. The zero-order chi connectivity index (χ0) is 11.4. The van der Waals surface area contributed by atoms with E-state index in [0.29, 0.717) is 18.0 Å². The lowest BCUT2D eigenvalue weighted by Crippen LogP contribution is -2.11. The summed E-state index contributed by atoms with van der Waals surface area (Å²) >= 11 is 0. The van der Waals surface area contributed by atoms with Crippen molar-refractivity contribution in [1.29, 1.82) is 0 Å². The smallest absolute Gasteiger partial charge is 0.248 e. The normalized spacial score (nSPS) is 10.0. The highest BCUT2D eigenvalue weighted by atomic mass is 16.5. The van der Waals surface area contributed by atoms with Gasteiger partial charge in [0.25, 0.3) is 0 Å². The molecule has 0 spiro atoms. The van der Waals surface area contributed by atoms with Crippen LogP contribution in [0.1, 0.15) is 10.4 Å². The van der Waals surface area contributed by atoms with Crippen molar-refractivity contribution in [3.63, 3.8) is 0 Å². The van der Waals surface area contributed by atoms with Crippen molar-refractivity contribution in [3.05, 3.63) is 48.3 Å². The molecular weight excluding hydrogens is 206 g/mol. The Kier molecular flexibility index (Phi) is 2.86. The van der Waals surface area contributed by atoms with Gasteiger partial charge in [-0.1, -0.05) is 6.07 Å². The zero-order valence-electron chi connectivity index (χ0n) is 8.54. The van der Waals surface area contributed by atoms with Gasteiger partial charge in [-0.15, -0.1) is 0 Å². The van der Waals surface area contributed by atoms with Crippen molar-refractivity contribution in [2.24, 2.45) is 5.73 Å². The van der Waals surface area contributed by atoms with Gasteiger partial charge in [-0.05, 0) is 24.3 Å². The molecule has 0 bridgehead atoms. The average molecular weight is 217 g/mol. The molecule has 0 saturated carbocycles. The van der Waals surface area contributed by atoms with E-state index in [9.17, 15) is 4.79 Å². The fourth-order valence-electron chi connectivity index (χ4n) is 1.26. The van der Waals surface area contributed by atoms with Crippen molar-refractivity contribution < 1.29 is 9.53 Å². The molecular formula is C11H11N3O2. The van der Waals surface area contributed by atoms with Crippen LogP contribution in [-0.4, -0.2) is 15.7 Å². The molecule has 2 rings (SSSR count). The molecule has 0 aliphatic carbocycles. The molecule has 1 aromatic heterocycles. The predicted molar refractivity (Wildman–Crippen MR) is 57.8 cm³/mol. The number of nitrogens with two attached hydrogens (primary N) is 1. The van der Waals surface area contributed by atoms with Gasteiger partial charge in [-0.3, -0.25) is 4.79 Å². The average Bonchev–Trinajstić information content (AvgIpc) is 2.79. The molecule has 5 nitrogen and oxygen atoms in total. The minimum atomic E-state index is -0.468. The number of primary amides is 1. The van der Waals surface area contributed by atoms with Gasteiger partial charge in [-0.2, -0.15) is 5.10 Å². The Balaban J connectivity index is 2.04. The number of nitrogens with zero attached hydrogens (tertiary/aromatic N) is 2. The van der Waals surface area contributed by atoms with E-state index in [-0.39, 0.29) is 0 Å². The van der Waals surface area contributed by atoms with Crippen molar-refractivity contribution in [2.45, 2.75) is 6.73 Å². The SMILES string of the molecule is NC(=O)c1cccc(OCn2cccn2)c1. The Morgan fingerprint density at radius 2 is 2.31 bits per heavy atom. The van der Waals surface area contributed by atoms with E-state index in [1.807, 2.05) is 6.07 Å². The maximum Gasteiger partial charge on any atom is 0.248 e. The molecule has 0 unspecified atom stereocenters. The number of hydrogen-bond acceptors (Lipinski definition) is 3. The van der Waals surface area contributed by atoms with Crippen molar-refractivity contribution >= 4 is 5.91 Å². The van der Waals surface area contributed by atoms with E-state index in [1.165, 1.54) is 0 Å². The van der Waals surface area contributed by atoms with E-state index in [1.54, 1.807) is 41.3 Å². The molecule has 0 atom stereocenters. The maximum atomic E-state index is 10.9. The van der Waals surface area contributed by atoms with E-state index < -0.39 is 5.91 Å². The zero-order valence-corrected chi connectivity index (χ0v) is 8.54. The first kappa shape index (κ1) is 10.2. The van der Waals surface area contributed by atoms with Gasteiger partial charge < -0.3 is 10.5 Å². The monoisotopic (exact) mass is 217 g/mol. The molecule has 82 valence electrons. The molecule has 16 heavy (non-hydrogen) atoms. The van der Waals surface area contributed by atoms with E-state index in [0.717, 1.165) is 0 Å². The molecule has 1 heterocycles. The van der Waals surface area contributed by atoms with Gasteiger partial charge in [-0.25, -0.2) is 4.68 Å². The topological polar surface area (TPSA) is 70.1 Å². The first-order valence-electron chi connectivity index (χ1n) is 4.76. The highest BCUT2D eigenvalue weighted by molar-refractivity contribution is 5.93. The molecule has 1 aromatic carbocycles. The Labute approximate surface area is 92.4 Å². The summed E-state index contributed by atoms with van der Waals surface area (Å²) in [4.78, 5) is 10.9. The summed E-state index contributed by atoms with van der Waals surface area (Å²) in [6.45, 7) is 0.301. The van der Waals surface area contributed by atoms with Crippen LogP contribution >= 0.6 is 0 Å². The molecule has 0 aliphatic rings. The van der Waals surface area contributed by atoms with Gasteiger partial charge in [0.2, 0.25) is 5.91 Å². The second kappa shape index (κ2) is 4.48. The minimum Gasteiger partial charge on any atom is -0.471 e. The third-order valence-corrected chi connectivity index (χ3v) is 2.04. The predicted octanol–water partition coefficient (Wildman–Crippen LogP) is 1.02. The third-order valence-electron chi connectivity index (χ3n) is 2.04. The van der Waals surface area contributed by atoms with Gasteiger partial charge in [0, 0.05) is 18.0 Å². The Morgan fingerprint density at radius 1 is 1.44 bits per heavy atom. The summed E-state index contributed by atoms with van der Waals surface area (Å²) < 4.78 is 7.07. The number of rotatable bonds is 4. The third kappa shape index (κ3) is 2.38. The molecule has 2 N–H and O–H groups in total. The van der Waals surface area contributed by atoms with Crippen LogP contribution in [0.2, 0.25) is 0 Å². The second-order valence-electron chi connectivity index (χ2n) is 3.21. The first-order valence-corrected chi connectivity index (χ1v) is 4.76. The lowest BCUT2D eigenvalue weighted by atomic mass is 10.2. The van der Waals surface area contributed by atoms with Crippen molar-refractivity contribution in [3.8, 4) is 5.75 Å². The van der Waals surface area contributed by atoms with E-state index in [4.69, 9.17) is 10.5 Å². The summed E-state index contributed by atoms with van der Waals surface area (Å²) in [5.41, 5.74) is 5.59. The van der Waals surface area contributed by atoms with Crippen molar-refractivity contribution in [1.82, 2.24) is 9.78 Å². The summed E-state index contributed by atoms with van der Waals surface area (Å²) in [5, 5.41) is 3.99. The number of hydrogen-bond donors (Lipinski definition) is 1. The van der Waals surface area contributed by atoms with Crippen molar-refractivity contribution in [2.75, 3.05) is 0 Å². The highest BCUT2D eigenvalue weighted by Crippen LogP contribution is 2.13. The maximum absolute atomic E-state index is 10.9. The summed E-state index contributed by atoms with van der Waals surface area (Å²) in [6, 6.07) is 8.53. The number of ether oxygens (including phenoxy) is 1. The summed E-state index contributed by atoms with van der Waals surface area (Å²) in [6.07, 6.45) is 3.46. The Bertz CT molecular complexity index is 480. The molecule has 0 fully saturated rings. The van der Waals surface area contributed by atoms with Crippen LogP contribution in [0.5, 0.6) is 5.75 Å². The largest absolute Gasteiger partial charge is 0.471 e. The van der Waals surface area contributed by atoms with Crippen LogP contribution < -0.4 is 10.5 Å². The molecule has 0 saturated heterocycles. The van der Waals surface area contributed by atoms with Gasteiger partial charge in [0.05, 0.1) is 0 Å². The molecule has 0 aliphatic heterocycles. The number of carbonyl (C=O) groups excluding carboxylic acids is 1. The molecule has 5 heteroatoms. The number of carbonyl (C=O) groups is 1. The lowest BCUT2D eigenvalue weighted by molar-refractivity contribution is 0.0999. The highest BCUT2D eigenvalue weighted by Gasteiger charge is 2.01. The van der Waals surface area contributed by atoms with E-state index in [2.05, 4.69) is 5.10 Å². The summed E-state index contributed by atoms with van der Waals surface area (Å²) in [7, 11) is 0. The van der Waals surface area contributed by atoms with Crippen LogP contribution in [0.3, 0.4) is 0 Å². The molecule has 0 radical (unpaired) electrons.